The van der Waals surface area contributed by atoms with Gasteiger partial charge in [-0.1, -0.05) is 0 Å². The number of amides is 2. The molecule has 0 saturated carbocycles. The molecule has 2 saturated heterocycles. The summed E-state index contributed by atoms with van der Waals surface area (Å²) in [5, 5.41) is 3.13. The maximum absolute atomic E-state index is 11.6. The summed E-state index contributed by atoms with van der Waals surface area (Å²) in [5.41, 5.74) is 0. The Morgan fingerprint density at radius 1 is 1.50 bits per heavy atom. The van der Waals surface area contributed by atoms with Crippen molar-refractivity contribution in [2.75, 3.05) is 20.2 Å². The first-order valence-electron chi connectivity index (χ1n) is 5.84. The number of carbonyl (C=O) groups is 2. The van der Waals surface area contributed by atoms with E-state index < -0.39 is 0 Å². The summed E-state index contributed by atoms with van der Waals surface area (Å²) in [6.45, 7) is 1.59. The monoisotopic (exact) mass is 226 g/mol. The molecule has 0 spiro atoms. The van der Waals surface area contributed by atoms with E-state index in [0.29, 0.717) is 12.5 Å². The third kappa shape index (κ3) is 2.41. The quantitative estimate of drug-likeness (QED) is 0.680. The molecule has 0 aromatic rings. The van der Waals surface area contributed by atoms with Crippen LogP contribution in [0.1, 0.15) is 25.7 Å². The van der Waals surface area contributed by atoms with Gasteiger partial charge in [-0.25, -0.2) is 0 Å². The predicted octanol–water partition coefficient (Wildman–Crippen LogP) is -0.0976. The van der Waals surface area contributed by atoms with Crippen LogP contribution in [-0.2, 0) is 14.3 Å². The number of nitrogens with one attached hydrogen (secondary N) is 1. The SMILES string of the molecule is CN1C(=O)CC(NCCC2CCCO2)C1=O. The van der Waals surface area contributed by atoms with Gasteiger partial charge in [0.05, 0.1) is 18.6 Å². The number of ether oxygens (including phenoxy) is 1. The van der Waals surface area contributed by atoms with Crippen LogP contribution in [0.4, 0.5) is 0 Å². The first-order valence-corrected chi connectivity index (χ1v) is 5.84. The van der Waals surface area contributed by atoms with Gasteiger partial charge < -0.3 is 10.1 Å². The molecular weight excluding hydrogens is 208 g/mol. The van der Waals surface area contributed by atoms with Gasteiger partial charge in [0, 0.05) is 13.7 Å². The van der Waals surface area contributed by atoms with E-state index in [2.05, 4.69) is 5.32 Å². The first kappa shape index (κ1) is 11.5. The lowest BCUT2D eigenvalue weighted by Crippen LogP contribution is -2.38. The lowest BCUT2D eigenvalue weighted by Gasteiger charge is -2.13. The molecule has 0 aromatic carbocycles. The summed E-state index contributed by atoms with van der Waals surface area (Å²) in [7, 11) is 1.53. The maximum Gasteiger partial charge on any atom is 0.246 e. The van der Waals surface area contributed by atoms with E-state index in [1.807, 2.05) is 0 Å². The van der Waals surface area contributed by atoms with Gasteiger partial charge in [0.15, 0.2) is 0 Å². The lowest BCUT2D eigenvalue weighted by molar-refractivity contribution is -0.137. The fraction of sp³-hybridized carbons (Fsp3) is 0.818. The third-order valence-corrected chi connectivity index (χ3v) is 3.26. The van der Waals surface area contributed by atoms with E-state index in [-0.39, 0.29) is 17.9 Å². The minimum atomic E-state index is -0.320. The summed E-state index contributed by atoms with van der Waals surface area (Å²) in [5.74, 6) is -0.211. The van der Waals surface area contributed by atoms with Gasteiger partial charge in [-0.05, 0) is 25.8 Å². The maximum atomic E-state index is 11.6. The Labute approximate surface area is 95.1 Å². The molecule has 5 heteroatoms. The van der Waals surface area contributed by atoms with Crippen LogP contribution >= 0.6 is 0 Å². The second-order valence-electron chi connectivity index (χ2n) is 4.43. The first-order chi connectivity index (χ1) is 7.68. The highest BCUT2D eigenvalue weighted by atomic mass is 16.5. The van der Waals surface area contributed by atoms with Crippen LogP contribution in [0.15, 0.2) is 0 Å². The zero-order chi connectivity index (χ0) is 11.5. The van der Waals surface area contributed by atoms with Crippen molar-refractivity contribution in [1.29, 1.82) is 0 Å². The molecule has 2 aliphatic heterocycles. The summed E-state index contributed by atoms with van der Waals surface area (Å²) >= 11 is 0. The summed E-state index contributed by atoms with van der Waals surface area (Å²) < 4.78 is 5.48. The van der Waals surface area contributed by atoms with E-state index in [0.717, 1.165) is 32.4 Å². The minimum Gasteiger partial charge on any atom is -0.378 e. The Morgan fingerprint density at radius 3 is 2.88 bits per heavy atom. The normalized spacial score (nSPS) is 30.4. The highest BCUT2D eigenvalue weighted by Crippen LogP contribution is 2.15. The van der Waals surface area contributed by atoms with Gasteiger partial charge in [0.1, 0.15) is 0 Å². The van der Waals surface area contributed by atoms with Crippen molar-refractivity contribution in [3.63, 3.8) is 0 Å². The van der Waals surface area contributed by atoms with Gasteiger partial charge >= 0.3 is 0 Å². The minimum absolute atomic E-state index is 0.0976. The molecule has 1 N–H and O–H groups in total. The number of rotatable bonds is 4. The average Bonchev–Trinajstić information content (AvgIpc) is 2.85. The summed E-state index contributed by atoms with van der Waals surface area (Å²) in [6.07, 6.45) is 3.79. The van der Waals surface area contributed by atoms with Crippen LogP contribution in [0.25, 0.3) is 0 Å². The number of likely N-dealkylation sites (tertiary alicyclic amines) is 1. The second-order valence-corrected chi connectivity index (χ2v) is 4.43. The van der Waals surface area contributed by atoms with Crippen LogP contribution < -0.4 is 5.32 Å². The number of nitrogens with zero attached hydrogens (tertiary/aromatic N) is 1. The van der Waals surface area contributed by atoms with Gasteiger partial charge in [0.2, 0.25) is 11.8 Å². The smallest absolute Gasteiger partial charge is 0.246 e. The van der Waals surface area contributed by atoms with Gasteiger partial charge in [-0.3, -0.25) is 14.5 Å². The number of imide groups is 1. The number of likely N-dealkylation sites (N-methyl/N-ethyl adjacent to an activating group) is 1. The summed E-state index contributed by atoms with van der Waals surface area (Å²) in [4.78, 5) is 24.0. The molecule has 0 bridgehead atoms. The fourth-order valence-electron chi connectivity index (χ4n) is 2.21. The van der Waals surface area contributed by atoms with Crippen molar-refractivity contribution in [1.82, 2.24) is 10.2 Å². The molecule has 0 aliphatic carbocycles. The van der Waals surface area contributed by atoms with Crippen molar-refractivity contribution in [3.8, 4) is 0 Å². The topological polar surface area (TPSA) is 58.6 Å². The Kier molecular flexibility index (Phi) is 3.56. The molecule has 2 fully saturated rings. The summed E-state index contributed by atoms with van der Waals surface area (Å²) in [6, 6.07) is -0.320. The molecule has 5 nitrogen and oxygen atoms in total. The standard InChI is InChI=1S/C11H18N2O3/c1-13-10(14)7-9(11(13)15)12-5-4-8-3-2-6-16-8/h8-9,12H,2-7H2,1H3. The molecule has 2 amide bonds. The van der Waals surface area contributed by atoms with Crippen LogP contribution in [0.2, 0.25) is 0 Å². The van der Waals surface area contributed by atoms with Gasteiger partial charge in [-0.15, -0.1) is 0 Å². The molecule has 2 unspecified atom stereocenters. The van der Waals surface area contributed by atoms with Crippen molar-refractivity contribution >= 4 is 11.8 Å². The number of hydrogen-bond acceptors (Lipinski definition) is 4. The number of carbonyl (C=O) groups excluding carboxylic acids is 2. The molecule has 2 atom stereocenters. The highest BCUT2D eigenvalue weighted by Gasteiger charge is 2.35. The zero-order valence-electron chi connectivity index (χ0n) is 9.57. The van der Waals surface area contributed by atoms with E-state index in [4.69, 9.17) is 4.74 Å². The number of hydrogen-bond donors (Lipinski definition) is 1. The molecule has 16 heavy (non-hydrogen) atoms. The van der Waals surface area contributed by atoms with Crippen LogP contribution in [-0.4, -0.2) is 49.1 Å². The van der Waals surface area contributed by atoms with Crippen LogP contribution in [0.3, 0.4) is 0 Å². The molecule has 90 valence electrons. The molecule has 0 radical (unpaired) electrons. The average molecular weight is 226 g/mol. The highest BCUT2D eigenvalue weighted by molar-refractivity contribution is 6.05. The molecule has 0 aromatic heterocycles. The van der Waals surface area contributed by atoms with E-state index >= 15 is 0 Å². The van der Waals surface area contributed by atoms with Gasteiger partial charge in [0.25, 0.3) is 0 Å². The molecule has 2 aliphatic rings. The lowest BCUT2D eigenvalue weighted by atomic mass is 10.1. The Balaban J connectivity index is 1.70. The van der Waals surface area contributed by atoms with E-state index in [1.165, 1.54) is 11.9 Å². The van der Waals surface area contributed by atoms with Crippen LogP contribution in [0.5, 0.6) is 0 Å². The Morgan fingerprint density at radius 2 is 2.31 bits per heavy atom. The van der Waals surface area contributed by atoms with E-state index in [9.17, 15) is 9.59 Å². The Bertz CT molecular complexity index is 287. The largest absolute Gasteiger partial charge is 0.378 e. The van der Waals surface area contributed by atoms with Crippen molar-refractivity contribution < 1.29 is 14.3 Å². The predicted molar refractivity (Wildman–Crippen MR) is 57.8 cm³/mol. The van der Waals surface area contributed by atoms with Crippen LogP contribution in [0, 0.1) is 0 Å². The van der Waals surface area contributed by atoms with E-state index in [1.54, 1.807) is 0 Å². The van der Waals surface area contributed by atoms with Gasteiger partial charge in [-0.2, -0.15) is 0 Å². The molecule has 2 rings (SSSR count). The third-order valence-electron chi connectivity index (χ3n) is 3.26. The fourth-order valence-corrected chi connectivity index (χ4v) is 2.21. The van der Waals surface area contributed by atoms with Crippen molar-refractivity contribution in [2.45, 2.75) is 37.8 Å². The molecule has 2 heterocycles. The Hall–Kier alpha value is -0.940. The zero-order valence-corrected chi connectivity index (χ0v) is 9.57. The second kappa shape index (κ2) is 4.93. The van der Waals surface area contributed by atoms with Crippen molar-refractivity contribution in [3.05, 3.63) is 0 Å². The molecular formula is C11H18N2O3. The van der Waals surface area contributed by atoms with Crippen molar-refractivity contribution in [2.24, 2.45) is 0 Å².